The van der Waals surface area contributed by atoms with Crippen LogP contribution in [0.3, 0.4) is 0 Å². The van der Waals surface area contributed by atoms with Crippen molar-refractivity contribution in [3.8, 4) is 0 Å². The Hall–Kier alpha value is -2.04. The lowest BCUT2D eigenvalue weighted by molar-refractivity contribution is -0.142. The molecule has 0 aromatic heterocycles. The van der Waals surface area contributed by atoms with Gasteiger partial charge in [-0.05, 0) is 29.9 Å². The van der Waals surface area contributed by atoms with Gasteiger partial charge in [-0.1, -0.05) is 31.2 Å². The fraction of sp³-hybridized carbons (Fsp3) is 0.500. The van der Waals surface area contributed by atoms with Gasteiger partial charge in [-0.25, -0.2) is 9.59 Å². The van der Waals surface area contributed by atoms with Crippen molar-refractivity contribution in [2.24, 2.45) is 5.92 Å². The van der Waals surface area contributed by atoms with E-state index in [0.29, 0.717) is 19.0 Å². The molecule has 0 saturated carbocycles. The highest BCUT2D eigenvalue weighted by Gasteiger charge is 2.39. The maximum atomic E-state index is 12.2. The quantitative estimate of drug-likeness (QED) is 0.891. The van der Waals surface area contributed by atoms with E-state index in [1.165, 1.54) is 16.0 Å². The van der Waals surface area contributed by atoms with Crippen molar-refractivity contribution in [2.75, 3.05) is 13.1 Å². The molecule has 0 radical (unpaired) electrons. The summed E-state index contributed by atoms with van der Waals surface area (Å²) in [5, 5.41) is 12.1. The van der Waals surface area contributed by atoms with Crippen LogP contribution in [0.4, 0.5) is 4.79 Å². The third kappa shape index (κ3) is 2.48. The number of carboxylic acid groups (broad SMARTS) is 1. The molecule has 3 unspecified atom stereocenters. The van der Waals surface area contributed by atoms with Crippen molar-refractivity contribution < 1.29 is 14.7 Å². The van der Waals surface area contributed by atoms with Crippen LogP contribution in [-0.4, -0.2) is 41.1 Å². The predicted molar refractivity (Wildman–Crippen MR) is 78.2 cm³/mol. The highest BCUT2D eigenvalue weighted by molar-refractivity contribution is 5.83. The highest BCUT2D eigenvalue weighted by Crippen LogP contribution is 2.34. The monoisotopic (exact) mass is 288 g/mol. The van der Waals surface area contributed by atoms with Crippen LogP contribution in [0.2, 0.25) is 0 Å². The number of amides is 2. The van der Waals surface area contributed by atoms with Gasteiger partial charge >= 0.3 is 12.0 Å². The molecular formula is C16H20N2O3. The number of hydrogen-bond donors (Lipinski definition) is 2. The van der Waals surface area contributed by atoms with Crippen molar-refractivity contribution in [1.29, 1.82) is 0 Å². The normalized spacial score (nSPS) is 26.9. The highest BCUT2D eigenvalue weighted by atomic mass is 16.4. The number of likely N-dealkylation sites (tertiary alicyclic amines) is 1. The molecule has 5 heteroatoms. The Balaban J connectivity index is 1.57. The summed E-state index contributed by atoms with van der Waals surface area (Å²) in [5.74, 6) is -0.546. The molecule has 0 spiro atoms. The molecule has 1 heterocycles. The zero-order chi connectivity index (χ0) is 15.0. The van der Waals surface area contributed by atoms with Crippen molar-refractivity contribution >= 4 is 12.0 Å². The second kappa shape index (κ2) is 5.39. The van der Waals surface area contributed by atoms with Crippen LogP contribution in [0.25, 0.3) is 0 Å². The largest absolute Gasteiger partial charge is 0.480 e. The predicted octanol–water partition coefficient (Wildman–Crippen LogP) is 1.83. The zero-order valence-electron chi connectivity index (χ0n) is 12.1. The van der Waals surface area contributed by atoms with E-state index in [4.69, 9.17) is 0 Å². The number of fused-ring (bicyclic) bond motifs is 1. The molecule has 3 atom stereocenters. The van der Waals surface area contributed by atoms with Crippen LogP contribution in [0.15, 0.2) is 24.3 Å². The van der Waals surface area contributed by atoms with Gasteiger partial charge < -0.3 is 15.3 Å². The summed E-state index contributed by atoms with van der Waals surface area (Å²) in [6.45, 7) is 2.98. The number of urea groups is 1. The van der Waals surface area contributed by atoms with Crippen LogP contribution in [-0.2, 0) is 11.2 Å². The van der Waals surface area contributed by atoms with E-state index in [1.807, 2.05) is 19.1 Å². The second-order valence-electron chi connectivity index (χ2n) is 6.03. The first kappa shape index (κ1) is 13.9. The Morgan fingerprint density at radius 3 is 2.86 bits per heavy atom. The van der Waals surface area contributed by atoms with E-state index in [2.05, 4.69) is 17.4 Å². The van der Waals surface area contributed by atoms with Gasteiger partial charge in [-0.15, -0.1) is 0 Å². The molecule has 2 amide bonds. The molecule has 1 aliphatic heterocycles. The molecule has 2 aliphatic rings. The van der Waals surface area contributed by atoms with E-state index in [9.17, 15) is 14.7 Å². The summed E-state index contributed by atoms with van der Waals surface area (Å²) in [4.78, 5) is 24.9. The third-order valence-electron chi connectivity index (χ3n) is 4.67. The van der Waals surface area contributed by atoms with Gasteiger partial charge in [0, 0.05) is 19.0 Å². The first-order valence-electron chi connectivity index (χ1n) is 7.43. The molecule has 1 fully saturated rings. The average molecular weight is 288 g/mol. The van der Waals surface area contributed by atoms with E-state index in [1.54, 1.807) is 0 Å². The molecule has 5 nitrogen and oxygen atoms in total. The van der Waals surface area contributed by atoms with Crippen molar-refractivity contribution in [3.05, 3.63) is 35.4 Å². The van der Waals surface area contributed by atoms with Crippen LogP contribution >= 0.6 is 0 Å². The molecular weight excluding hydrogens is 268 g/mol. The number of carbonyl (C=O) groups is 2. The molecule has 1 aliphatic carbocycles. The minimum absolute atomic E-state index is 0.0117. The van der Waals surface area contributed by atoms with E-state index < -0.39 is 12.0 Å². The summed E-state index contributed by atoms with van der Waals surface area (Å²) in [6, 6.07) is 7.28. The minimum atomic E-state index is -0.913. The number of hydrogen-bond acceptors (Lipinski definition) is 2. The Morgan fingerprint density at radius 2 is 2.14 bits per heavy atom. The number of benzene rings is 1. The maximum absolute atomic E-state index is 12.2. The van der Waals surface area contributed by atoms with Gasteiger partial charge in [-0.2, -0.15) is 0 Å². The van der Waals surface area contributed by atoms with Crippen LogP contribution in [0.1, 0.15) is 30.4 Å². The first-order valence-corrected chi connectivity index (χ1v) is 7.43. The lowest BCUT2D eigenvalue weighted by atomic mass is 9.78. The number of carbonyl (C=O) groups excluding carboxylic acids is 1. The van der Waals surface area contributed by atoms with Gasteiger partial charge in [0.15, 0.2) is 0 Å². The summed E-state index contributed by atoms with van der Waals surface area (Å²) >= 11 is 0. The fourth-order valence-electron chi connectivity index (χ4n) is 3.41. The topological polar surface area (TPSA) is 69.6 Å². The lowest BCUT2D eigenvalue weighted by Crippen LogP contribution is -2.48. The minimum Gasteiger partial charge on any atom is -0.480 e. The average Bonchev–Trinajstić information content (AvgIpc) is 2.81. The molecule has 0 bridgehead atoms. The standard InChI is InChI=1S/C16H20N2O3/c1-10-6-7-18(14(10)15(19)20)16(21)17-9-12-8-11-4-2-3-5-13(11)12/h2-5,10,12,14H,6-9H2,1H3,(H,17,21)(H,19,20). The summed E-state index contributed by atoms with van der Waals surface area (Å²) in [6.07, 6.45) is 1.73. The second-order valence-corrected chi connectivity index (χ2v) is 6.03. The number of aliphatic carboxylic acids is 1. The van der Waals surface area contributed by atoms with Crippen LogP contribution < -0.4 is 5.32 Å². The molecule has 1 aromatic rings. The third-order valence-corrected chi connectivity index (χ3v) is 4.67. The summed E-state index contributed by atoms with van der Waals surface area (Å²) in [5.41, 5.74) is 2.64. The zero-order valence-corrected chi connectivity index (χ0v) is 12.1. The number of rotatable bonds is 3. The summed E-state index contributed by atoms with van der Waals surface area (Å²) < 4.78 is 0. The lowest BCUT2D eigenvalue weighted by Gasteiger charge is -2.31. The number of carboxylic acids is 1. The Morgan fingerprint density at radius 1 is 1.38 bits per heavy atom. The summed E-state index contributed by atoms with van der Waals surface area (Å²) in [7, 11) is 0. The Bertz CT molecular complexity index is 572. The number of nitrogens with zero attached hydrogens (tertiary/aromatic N) is 1. The van der Waals surface area contributed by atoms with Gasteiger partial charge in [0.1, 0.15) is 6.04 Å². The molecule has 21 heavy (non-hydrogen) atoms. The van der Waals surface area contributed by atoms with Crippen LogP contribution in [0, 0.1) is 5.92 Å². The van der Waals surface area contributed by atoms with E-state index in [0.717, 1.165) is 12.8 Å². The SMILES string of the molecule is CC1CCN(C(=O)NCC2Cc3ccccc32)C1C(=O)O. The molecule has 1 saturated heterocycles. The van der Waals surface area contributed by atoms with Crippen molar-refractivity contribution in [2.45, 2.75) is 31.7 Å². The smallest absolute Gasteiger partial charge is 0.326 e. The van der Waals surface area contributed by atoms with Crippen LogP contribution in [0.5, 0.6) is 0 Å². The number of nitrogens with one attached hydrogen (secondary N) is 1. The Labute approximate surface area is 123 Å². The molecule has 1 aromatic carbocycles. The van der Waals surface area contributed by atoms with Gasteiger partial charge in [-0.3, -0.25) is 0 Å². The van der Waals surface area contributed by atoms with Gasteiger partial charge in [0.2, 0.25) is 0 Å². The Kier molecular flexibility index (Phi) is 3.57. The molecule has 112 valence electrons. The van der Waals surface area contributed by atoms with Gasteiger partial charge in [0.05, 0.1) is 0 Å². The van der Waals surface area contributed by atoms with E-state index in [-0.39, 0.29) is 11.9 Å². The fourth-order valence-corrected chi connectivity index (χ4v) is 3.41. The molecule has 2 N–H and O–H groups in total. The first-order chi connectivity index (χ1) is 10.1. The van der Waals surface area contributed by atoms with Crippen molar-refractivity contribution in [3.63, 3.8) is 0 Å². The van der Waals surface area contributed by atoms with Crippen molar-refractivity contribution in [1.82, 2.24) is 10.2 Å². The molecule has 3 rings (SSSR count). The van der Waals surface area contributed by atoms with Gasteiger partial charge in [0.25, 0.3) is 0 Å². The van der Waals surface area contributed by atoms with E-state index >= 15 is 0 Å². The maximum Gasteiger partial charge on any atom is 0.326 e.